The van der Waals surface area contributed by atoms with Gasteiger partial charge in [0.15, 0.2) is 0 Å². The molecule has 2 unspecified atom stereocenters. The molecule has 2 aliphatic carbocycles. The first kappa shape index (κ1) is 16.5. The van der Waals surface area contributed by atoms with Crippen LogP contribution in [0.25, 0.3) is 0 Å². The fourth-order valence-electron chi connectivity index (χ4n) is 5.88. The molecule has 5 rings (SSSR count). The fraction of sp³-hybridized carbons (Fsp3) is 0.500. The van der Waals surface area contributed by atoms with Crippen molar-refractivity contribution in [2.24, 2.45) is 5.92 Å². The molecule has 0 amide bonds. The SMILES string of the molecule is CN1CCC(C2(O)c3ccccc3CC3CCCc4cccc2c43)CC1. The van der Waals surface area contributed by atoms with E-state index in [0.29, 0.717) is 11.8 Å². The van der Waals surface area contributed by atoms with Crippen LogP contribution >= 0.6 is 0 Å². The van der Waals surface area contributed by atoms with Crippen LogP contribution in [0.5, 0.6) is 0 Å². The number of likely N-dealkylation sites (tertiary alicyclic amines) is 1. The summed E-state index contributed by atoms with van der Waals surface area (Å²) in [6.45, 7) is 2.15. The Morgan fingerprint density at radius 2 is 1.65 bits per heavy atom. The van der Waals surface area contributed by atoms with Crippen LogP contribution in [0.4, 0.5) is 0 Å². The van der Waals surface area contributed by atoms with Gasteiger partial charge in [0.05, 0.1) is 0 Å². The van der Waals surface area contributed by atoms with Gasteiger partial charge in [-0.3, -0.25) is 0 Å². The number of rotatable bonds is 1. The number of hydrogen-bond donors (Lipinski definition) is 1. The molecule has 2 nitrogen and oxygen atoms in total. The second-order valence-electron chi connectivity index (χ2n) is 8.67. The number of aryl methyl sites for hydroxylation is 1. The first-order valence-electron chi connectivity index (χ1n) is 10.3. The van der Waals surface area contributed by atoms with E-state index in [2.05, 4.69) is 54.4 Å². The van der Waals surface area contributed by atoms with E-state index in [1.54, 1.807) is 0 Å². The van der Waals surface area contributed by atoms with E-state index < -0.39 is 5.60 Å². The Hall–Kier alpha value is -1.64. The summed E-state index contributed by atoms with van der Waals surface area (Å²) in [6.07, 6.45) is 6.90. The molecule has 1 aliphatic heterocycles. The maximum Gasteiger partial charge on any atom is 0.118 e. The van der Waals surface area contributed by atoms with E-state index >= 15 is 0 Å². The van der Waals surface area contributed by atoms with E-state index in [-0.39, 0.29) is 0 Å². The van der Waals surface area contributed by atoms with Gasteiger partial charge in [0, 0.05) is 0 Å². The number of hydrogen-bond acceptors (Lipinski definition) is 2. The molecule has 1 saturated heterocycles. The third kappa shape index (κ3) is 2.39. The molecule has 2 atom stereocenters. The molecular weight excluding hydrogens is 318 g/mol. The van der Waals surface area contributed by atoms with Gasteiger partial charge >= 0.3 is 0 Å². The summed E-state index contributed by atoms with van der Waals surface area (Å²) < 4.78 is 0. The normalized spacial score (nSPS) is 28.9. The number of benzene rings is 2. The van der Waals surface area contributed by atoms with Gasteiger partial charge in [-0.15, -0.1) is 0 Å². The average Bonchev–Trinajstić information content (AvgIpc) is 2.78. The zero-order valence-electron chi connectivity index (χ0n) is 15.7. The highest BCUT2D eigenvalue weighted by Crippen LogP contribution is 2.51. The molecule has 1 fully saturated rings. The molecule has 136 valence electrons. The monoisotopic (exact) mass is 347 g/mol. The summed E-state index contributed by atoms with van der Waals surface area (Å²) in [5.74, 6) is 0.864. The van der Waals surface area contributed by atoms with Gasteiger partial charge in [0.2, 0.25) is 0 Å². The van der Waals surface area contributed by atoms with Crippen molar-refractivity contribution in [3.8, 4) is 0 Å². The number of aliphatic hydroxyl groups is 1. The molecule has 1 heterocycles. The van der Waals surface area contributed by atoms with Gasteiger partial charge < -0.3 is 10.0 Å². The zero-order valence-corrected chi connectivity index (χ0v) is 15.7. The number of fused-ring (bicyclic) bond motifs is 1. The Balaban J connectivity index is 1.75. The Morgan fingerprint density at radius 1 is 0.923 bits per heavy atom. The lowest BCUT2D eigenvalue weighted by molar-refractivity contribution is -0.0115. The van der Waals surface area contributed by atoms with Crippen LogP contribution < -0.4 is 0 Å². The van der Waals surface area contributed by atoms with E-state index in [4.69, 9.17) is 0 Å². The van der Waals surface area contributed by atoms with Gasteiger partial charge in [0.25, 0.3) is 0 Å². The molecule has 3 aliphatic rings. The minimum Gasteiger partial charge on any atom is -0.380 e. The Labute approximate surface area is 156 Å². The van der Waals surface area contributed by atoms with E-state index in [1.165, 1.54) is 47.1 Å². The lowest BCUT2D eigenvalue weighted by Crippen LogP contribution is -2.44. The van der Waals surface area contributed by atoms with Crippen LogP contribution in [0.1, 0.15) is 59.4 Å². The van der Waals surface area contributed by atoms with Gasteiger partial charge in [-0.1, -0.05) is 42.5 Å². The summed E-state index contributed by atoms with van der Waals surface area (Å²) in [5.41, 5.74) is 5.89. The summed E-state index contributed by atoms with van der Waals surface area (Å²) >= 11 is 0. The lowest BCUT2D eigenvalue weighted by atomic mass is 9.69. The maximum absolute atomic E-state index is 12.4. The molecule has 26 heavy (non-hydrogen) atoms. The van der Waals surface area contributed by atoms with Gasteiger partial charge in [0.1, 0.15) is 5.60 Å². The minimum absolute atomic E-state index is 0.298. The highest BCUT2D eigenvalue weighted by molar-refractivity contribution is 5.53. The maximum atomic E-state index is 12.4. The first-order valence-corrected chi connectivity index (χ1v) is 10.3. The van der Waals surface area contributed by atoms with Crippen molar-refractivity contribution in [2.45, 2.75) is 50.0 Å². The van der Waals surface area contributed by atoms with Crippen LogP contribution in [0, 0.1) is 5.92 Å². The van der Waals surface area contributed by atoms with Crippen LogP contribution in [0.3, 0.4) is 0 Å². The third-order valence-corrected chi connectivity index (χ3v) is 7.22. The predicted octanol–water partition coefficient (Wildman–Crippen LogP) is 4.24. The molecule has 0 aromatic heterocycles. The van der Waals surface area contributed by atoms with Crippen molar-refractivity contribution in [1.29, 1.82) is 0 Å². The molecule has 0 saturated carbocycles. The summed E-state index contributed by atoms with van der Waals surface area (Å²) in [5, 5.41) is 12.4. The Kier molecular flexibility index (Phi) is 3.95. The molecule has 0 bridgehead atoms. The highest BCUT2D eigenvalue weighted by Gasteiger charge is 2.46. The van der Waals surface area contributed by atoms with Crippen LogP contribution in [0.15, 0.2) is 42.5 Å². The topological polar surface area (TPSA) is 23.5 Å². The quantitative estimate of drug-likeness (QED) is 0.834. The van der Waals surface area contributed by atoms with E-state index in [9.17, 15) is 5.11 Å². The molecular formula is C24H29NO. The van der Waals surface area contributed by atoms with Crippen molar-refractivity contribution in [1.82, 2.24) is 4.90 Å². The summed E-state index contributed by atoms with van der Waals surface area (Å²) in [4.78, 5) is 2.39. The van der Waals surface area contributed by atoms with Crippen LogP contribution in [-0.4, -0.2) is 30.1 Å². The van der Waals surface area contributed by atoms with Gasteiger partial charge in [-0.05, 0) is 98.3 Å². The van der Waals surface area contributed by atoms with Crippen molar-refractivity contribution >= 4 is 0 Å². The van der Waals surface area contributed by atoms with E-state index in [0.717, 1.165) is 32.4 Å². The molecule has 2 heteroatoms. The highest BCUT2D eigenvalue weighted by atomic mass is 16.3. The summed E-state index contributed by atoms with van der Waals surface area (Å²) in [7, 11) is 2.20. The summed E-state index contributed by atoms with van der Waals surface area (Å²) in [6, 6.07) is 15.4. The predicted molar refractivity (Wildman–Crippen MR) is 105 cm³/mol. The standard InChI is InChI=1S/C24H29NO/c1-25-14-12-20(13-15-25)24(26)21-10-3-2-6-18(21)16-19-9-4-7-17-8-5-11-22(24)23(17)19/h2-3,5-6,8,10-11,19-20,26H,4,7,9,12-16H2,1H3. The largest absolute Gasteiger partial charge is 0.380 e. The number of nitrogens with zero attached hydrogens (tertiary/aromatic N) is 1. The Bertz CT molecular complexity index is 821. The second-order valence-corrected chi connectivity index (χ2v) is 8.67. The first-order chi connectivity index (χ1) is 12.7. The third-order valence-electron chi connectivity index (χ3n) is 7.22. The van der Waals surface area contributed by atoms with Gasteiger partial charge in [-0.25, -0.2) is 0 Å². The van der Waals surface area contributed by atoms with Crippen LogP contribution in [-0.2, 0) is 18.4 Å². The van der Waals surface area contributed by atoms with Crippen molar-refractivity contribution in [2.75, 3.05) is 20.1 Å². The van der Waals surface area contributed by atoms with Crippen molar-refractivity contribution in [3.63, 3.8) is 0 Å². The molecule has 2 aromatic rings. The second kappa shape index (κ2) is 6.21. The minimum atomic E-state index is -0.838. The molecule has 0 radical (unpaired) electrons. The molecule has 2 aromatic carbocycles. The molecule has 1 N–H and O–H groups in total. The number of piperidine rings is 1. The smallest absolute Gasteiger partial charge is 0.118 e. The average molecular weight is 348 g/mol. The van der Waals surface area contributed by atoms with Gasteiger partial charge in [-0.2, -0.15) is 0 Å². The fourth-order valence-corrected chi connectivity index (χ4v) is 5.88. The Morgan fingerprint density at radius 3 is 2.50 bits per heavy atom. The lowest BCUT2D eigenvalue weighted by Gasteiger charge is -2.43. The van der Waals surface area contributed by atoms with E-state index in [1.807, 2.05) is 0 Å². The molecule has 0 spiro atoms. The van der Waals surface area contributed by atoms with Crippen LogP contribution in [0.2, 0.25) is 0 Å². The van der Waals surface area contributed by atoms with Crippen molar-refractivity contribution in [3.05, 3.63) is 70.3 Å². The van der Waals surface area contributed by atoms with Crippen molar-refractivity contribution < 1.29 is 5.11 Å². The zero-order chi connectivity index (χ0) is 17.7.